The van der Waals surface area contributed by atoms with Crippen molar-refractivity contribution < 1.29 is 13.2 Å². The van der Waals surface area contributed by atoms with Crippen LogP contribution < -0.4 is 5.32 Å². The van der Waals surface area contributed by atoms with E-state index < -0.39 is 10.0 Å². The number of carbonyl (C=O) groups excluding carboxylic acids is 1. The number of rotatable bonds is 5. The predicted octanol–water partition coefficient (Wildman–Crippen LogP) is 3.12. The summed E-state index contributed by atoms with van der Waals surface area (Å²) < 4.78 is 26.9. The Hall–Kier alpha value is -2.89. The van der Waals surface area contributed by atoms with E-state index >= 15 is 0 Å². The largest absolute Gasteiger partial charge is 0.325 e. The number of benzene rings is 2. The summed E-state index contributed by atoms with van der Waals surface area (Å²) in [6.07, 6.45) is 1.49. The average molecular weight is 413 g/mol. The molecule has 0 unspecified atom stereocenters. The maximum absolute atomic E-state index is 12.7. The maximum atomic E-state index is 12.7. The van der Waals surface area contributed by atoms with Gasteiger partial charge in [-0.15, -0.1) is 0 Å². The topological polar surface area (TPSA) is 93.5 Å². The number of amides is 2. The van der Waals surface area contributed by atoms with Crippen molar-refractivity contribution in [2.24, 2.45) is 5.92 Å². The molecular formula is C21H24N4O3S. The number of nitrogens with one attached hydrogen (secondary N) is 1. The van der Waals surface area contributed by atoms with Crippen molar-refractivity contribution >= 4 is 21.7 Å². The molecule has 1 aliphatic rings. The first-order valence-corrected chi connectivity index (χ1v) is 10.9. The lowest BCUT2D eigenvalue weighted by Gasteiger charge is -2.33. The van der Waals surface area contributed by atoms with Gasteiger partial charge in [0, 0.05) is 32.4 Å². The normalized spacial score (nSPS) is 15.1. The Morgan fingerprint density at radius 3 is 2.34 bits per heavy atom. The fourth-order valence-electron chi connectivity index (χ4n) is 3.39. The zero-order valence-corrected chi connectivity index (χ0v) is 17.1. The Morgan fingerprint density at radius 2 is 1.76 bits per heavy atom. The van der Waals surface area contributed by atoms with E-state index in [0.29, 0.717) is 25.2 Å². The van der Waals surface area contributed by atoms with Gasteiger partial charge in [-0.1, -0.05) is 18.2 Å². The van der Waals surface area contributed by atoms with E-state index in [1.165, 1.54) is 28.6 Å². The summed E-state index contributed by atoms with van der Waals surface area (Å²) in [6.45, 7) is 1.58. The van der Waals surface area contributed by atoms with E-state index in [9.17, 15) is 13.2 Å². The first-order valence-electron chi connectivity index (χ1n) is 9.47. The van der Waals surface area contributed by atoms with Crippen LogP contribution in [0.1, 0.15) is 18.4 Å². The molecule has 0 saturated carbocycles. The molecule has 8 heteroatoms. The molecule has 1 aliphatic heterocycles. The van der Waals surface area contributed by atoms with Crippen LogP contribution in [0.2, 0.25) is 0 Å². The fraction of sp³-hybridized carbons (Fsp3) is 0.333. The van der Waals surface area contributed by atoms with Gasteiger partial charge in [0.15, 0.2) is 0 Å². The van der Waals surface area contributed by atoms with Crippen LogP contribution in [-0.2, 0) is 10.0 Å². The summed E-state index contributed by atoms with van der Waals surface area (Å²) in [6, 6.07) is 17.1. The molecule has 1 fully saturated rings. The number of nitriles is 1. The third kappa shape index (κ3) is 5.13. The van der Waals surface area contributed by atoms with Gasteiger partial charge in [-0.3, -0.25) is 0 Å². The molecule has 1 heterocycles. The maximum Gasteiger partial charge on any atom is 0.321 e. The molecule has 0 bridgehead atoms. The number of anilines is 1. The average Bonchev–Trinajstić information content (AvgIpc) is 2.75. The number of urea groups is 1. The fourth-order valence-corrected chi connectivity index (χ4v) is 4.63. The monoisotopic (exact) mass is 412 g/mol. The number of sulfonamides is 1. The molecule has 1 saturated heterocycles. The molecule has 7 nitrogen and oxygen atoms in total. The van der Waals surface area contributed by atoms with Crippen molar-refractivity contribution in [3.8, 4) is 6.07 Å². The van der Waals surface area contributed by atoms with E-state index in [-0.39, 0.29) is 16.8 Å². The quantitative estimate of drug-likeness (QED) is 0.816. The number of piperidine rings is 1. The Balaban J connectivity index is 1.53. The molecule has 3 rings (SSSR count). The Morgan fingerprint density at radius 1 is 1.14 bits per heavy atom. The molecule has 0 aliphatic carbocycles. The summed E-state index contributed by atoms with van der Waals surface area (Å²) >= 11 is 0. The third-order valence-electron chi connectivity index (χ3n) is 5.13. The Labute approximate surface area is 171 Å². The van der Waals surface area contributed by atoms with Crippen LogP contribution in [0.15, 0.2) is 59.5 Å². The SMILES string of the molecule is CN(CC1CCN(C(=O)Nc2ccccc2)CC1)S(=O)(=O)c1ccc(C#N)cc1. The Bertz CT molecular complexity index is 977. The van der Waals surface area contributed by atoms with Crippen molar-refractivity contribution in [3.63, 3.8) is 0 Å². The summed E-state index contributed by atoms with van der Waals surface area (Å²) in [4.78, 5) is 14.3. The van der Waals surface area contributed by atoms with Gasteiger partial charge in [-0.2, -0.15) is 5.26 Å². The number of nitrogens with zero attached hydrogens (tertiary/aromatic N) is 3. The third-order valence-corrected chi connectivity index (χ3v) is 6.97. The second-order valence-electron chi connectivity index (χ2n) is 7.15. The minimum Gasteiger partial charge on any atom is -0.325 e. The lowest BCUT2D eigenvalue weighted by molar-refractivity contribution is 0.176. The van der Waals surface area contributed by atoms with Crippen LogP contribution in [-0.4, -0.2) is 50.3 Å². The van der Waals surface area contributed by atoms with Gasteiger partial charge < -0.3 is 10.2 Å². The van der Waals surface area contributed by atoms with Crippen molar-refractivity contribution in [2.75, 3.05) is 32.0 Å². The molecule has 0 atom stereocenters. The van der Waals surface area contributed by atoms with Crippen molar-refractivity contribution in [3.05, 3.63) is 60.2 Å². The second kappa shape index (κ2) is 9.07. The van der Waals surface area contributed by atoms with Gasteiger partial charge in [0.05, 0.1) is 16.5 Å². The van der Waals surface area contributed by atoms with Gasteiger partial charge in [0.2, 0.25) is 10.0 Å². The minimum atomic E-state index is -3.60. The zero-order valence-electron chi connectivity index (χ0n) is 16.3. The molecule has 0 spiro atoms. The van der Waals surface area contributed by atoms with Crippen LogP contribution in [0.5, 0.6) is 0 Å². The van der Waals surface area contributed by atoms with Gasteiger partial charge in [0.25, 0.3) is 0 Å². The molecule has 0 radical (unpaired) electrons. The second-order valence-corrected chi connectivity index (χ2v) is 9.19. The number of hydrogen-bond acceptors (Lipinski definition) is 4. The van der Waals surface area contributed by atoms with E-state index in [1.54, 1.807) is 11.9 Å². The summed E-state index contributed by atoms with van der Waals surface area (Å²) in [5.41, 5.74) is 1.18. The first kappa shape index (κ1) is 20.8. The predicted molar refractivity (Wildman–Crippen MR) is 111 cm³/mol. The molecule has 2 aromatic rings. The van der Waals surface area contributed by atoms with Crippen LogP contribution in [0, 0.1) is 17.2 Å². The van der Waals surface area contributed by atoms with Crippen LogP contribution in [0.25, 0.3) is 0 Å². The molecular weight excluding hydrogens is 388 g/mol. The van der Waals surface area contributed by atoms with Gasteiger partial charge in [-0.05, 0) is 55.2 Å². The smallest absolute Gasteiger partial charge is 0.321 e. The van der Waals surface area contributed by atoms with E-state index in [1.807, 2.05) is 36.4 Å². The number of likely N-dealkylation sites (tertiary alicyclic amines) is 1. The highest BCUT2D eigenvalue weighted by Crippen LogP contribution is 2.22. The number of para-hydroxylation sites is 1. The summed E-state index contributed by atoms with van der Waals surface area (Å²) in [5, 5.41) is 11.7. The van der Waals surface area contributed by atoms with Crippen LogP contribution in [0.4, 0.5) is 10.5 Å². The number of carbonyl (C=O) groups is 1. The lowest BCUT2D eigenvalue weighted by atomic mass is 9.97. The molecule has 2 aromatic carbocycles. The molecule has 2 amide bonds. The zero-order chi connectivity index (χ0) is 20.9. The van der Waals surface area contributed by atoms with Gasteiger partial charge >= 0.3 is 6.03 Å². The van der Waals surface area contributed by atoms with Crippen LogP contribution >= 0.6 is 0 Å². The summed E-state index contributed by atoms with van der Waals surface area (Å²) in [7, 11) is -2.03. The van der Waals surface area contributed by atoms with E-state index in [4.69, 9.17) is 5.26 Å². The highest BCUT2D eigenvalue weighted by Gasteiger charge is 2.28. The van der Waals surface area contributed by atoms with Crippen molar-refractivity contribution in [1.82, 2.24) is 9.21 Å². The molecule has 0 aromatic heterocycles. The highest BCUT2D eigenvalue weighted by molar-refractivity contribution is 7.89. The van der Waals surface area contributed by atoms with Crippen molar-refractivity contribution in [2.45, 2.75) is 17.7 Å². The van der Waals surface area contributed by atoms with Crippen LogP contribution in [0.3, 0.4) is 0 Å². The number of hydrogen-bond donors (Lipinski definition) is 1. The Kier molecular flexibility index (Phi) is 6.52. The van der Waals surface area contributed by atoms with Gasteiger partial charge in [0.1, 0.15) is 0 Å². The highest BCUT2D eigenvalue weighted by atomic mass is 32.2. The molecule has 1 N–H and O–H groups in total. The molecule has 152 valence electrons. The van der Waals surface area contributed by atoms with E-state index in [2.05, 4.69) is 5.32 Å². The van der Waals surface area contributed by atoms with Crippen molar-refractivity contribution in [1.29, 1.82) is 5.26 Å². The molecule has 29 heavy (non-hydrogen) atoms. The minimum absolute atomic E-state index is 0.131. The summed E-state index contributed by atoms with van der Waals surface area (Å²) in [5.74, 6) is 0.189. The lowest BCUT2D eigenvalue weighted by Crippen LogP contribution is -2.43. The van der Waals surface area contributed by atoms with E-state index in [0.717, 1.165) is 18.5 Å². The van der Waals surface area contributed by atoms with Gasteiger partial charge in [-0.25, -0.2) is 17.5 Å². The first-order chi connectivity index (χ1) is 13.9. The standard InChI is InChI=1S/C21H24N4O3S/c1-24(29(27,28)20-9-7-17(15-22)8-10-20)16-18-11-13-25(14-12-18)21(26)23-19-5-3-2-4-6-19/h2-10,18H,11-14,16H2,1H3,(H,23,26).